The first-order chi connectivity index (χ1) is 22.1. The first-order valence-electron chi connectivity index (χ1n) is 15.3. The summed E-state index contributed by atoms with van der Waals surface area (Å²) in [6.45, 7) is 6.93. The summed E-state index contributed by atoms with van der Waals surface area (Å²) in [6, 6.07) is 11.1. The smallest absolute Gasteiger partial charge is 0.247 e. The Labute approximate surface area is 260 Å². The number of ether oxygens (including phenoxy) is 3. The third kappa shape index (κ3) is 6.71. The number of nitrogens with two attached hydrogens (primary N) is 1. The van der Waals surface area contributed by atoms with Gasteiger partial charge < -0.3 is 34.2 Å². The van der Waals surface area contributed by atoms with Crippen LogP contribution in [-0.4, -0.2) is 99.9 Å². The van der Waals surface area contributed by atoms with Gasteiger partial charge in [0.15, 0.2) is 17.1 Å². The van der Waals surface area contributed by atoms with E-state index >= 15 is 0 Å². The van der Waals surface area contributed by atoms with Crippen LogP contribution in [0.5, 0.6) is 5.75 Å². The van der Waals surface area contributed by atoms with Gasteiger partial charge in [-0.3, -0.25) is 9.48 Å². The lowest BCUT2D eigenvalue weighted by atomic mass is 10.1. The minimum Gasteiger partial charge on any atom is -0.491 e. The lowest BCUT2D eigenvalue weighted by Crippen LogP contribution is -2.50. The fourth-order valence-electron chi connectivity index (χ4n) is 5.47. The van der Waals surface area contributed by atoms with Crippen LogP contribution in [0.3, 0.4) is 0 Å². The fraction of sp³-hybridized carbons (Fsp3) is 0.452. The van der Waals surface area contributed by atoms with Crippen molar-refractivity contribution in [1.82, 2.24) is 34.3 Å². The molecule has 14 heteroatoms. The molecule has 45 heavy (non-hydrogen) atoms. The molecule has 6 rings (SSSR count). The van der Waals surface area contributed by atoms with Crippen LogP contribution in [0.4, 0.5) is 11.6 Å². The average molecular weight is 618 g/mol. The maximum Gasteiger partial charge on any atom is 0.247 e. The molecular formula is C31H39N9O5. The summed E-state index contributed by atoms with van der Waals surface area (Å²) in [5, 5.41) is 9.85. The monoisotopic (exact) mass is 617 g/mol. The zero-order chi connectivity index (χ0) is 31.2. The zero-order valence-corrected chi connectivity index (χ0v) is 25.7. The quantitative estimate of drug-likeness (QED) is 0.183. The highest BCUT2D eigenvalue weighted by Gasteiger charge is 2.30. The maximum atomic E-state index is 14.0. The SMILES string of the molecule is CCCCC(C(=O)N1CCN(c2ccc(OCCOCCOC)cc2)CC1)n1cc2c(nc(N)n3nc(-c4ccco4)nc23)n1. The second kappa shape index (κ2) is 13.9. The van der Waals surface area contributed by atoms with E-state index in [0.29, 0.717) is 74.2 Å². The third-order valence-electron chi connectivity index (χ3n) is 7.90. The second-order valence-electron chi connectivity index (χ2n) is 10.9. The summed E-state index contributed by atoms with van der Waals surface area (Å²) in [6.07, 6.45) is 5.92. The van der Waals surface area contributed by atoms with Crippen LogP contribution in [0.15, 0.2) is 53.3 Å². The Bertz CT molecular complexity index is 1690. The molecule has 1 atom stereocenters. The number of unbranched alkanes of at least 4 members (excludes halogenated alkanes) is 1. The lowest BCUT2D eigenvalue weighted by molar-refractivity contribution is -0.135. The Morgan fingerprint density at radius 2 is 1.82 bits per heavy atom. The van der Waals surface area contributed by atoms with Crippen LogP contribution >= 0.6 is 0 Å². The van der Waals surface area contributed by atoms with Gasteiger partial charge >= 0.3 is 0 Å². The number of hydrogen-bond acceptors (Lipinski definition) is 11. The molecule has 0 bridgehead atoms. The molecule has 0 spiro atoms. The van der Waals surface area contributed by atoms with E-state index in [1.54, 1.807) is 30.2 Å². The highest BCUT2D eigenvalue weighted by molar-refractivity contribution is 5.90. The molecule has 0 aliphatic carbocycles. The zero-order valence-electron chi connectivity index (χ0n) is 25.7. The average Bonchev–Trinajstić information content (AvgIpc) is 3.84. The van der Waals surface area contributed by atoms with Gasteiger partial charge in [0.25, 0.3) is 0 Å². The Kier molecular flexibility index (Phi) is 9.41. The van der Waals surface area contributed by atoms with Gasteiger partial charge in [-0.25, -0.2) is 4.98 Å². The van der Waals surface area contributed by atoms with E-state index in [1.165, 1.54) is 4.52 Å². The van der Waals surface area contributed by atoms with Gasteiger partial charge in [-0.15, -0.1) is 5.10 Å². The Morgan fingerprint density at radius 1 is 1.02 bits per heavy atom. The van der Waals surface area contributed by atoms with Gasteiger partial charge in [-0.05, 0) is 42.8 Å². The number of anilines is 2. The van der Waals surface area contributed by atoms with Crippen LogP contribution in [0.25, 0.3) is 28.3 Å². The molecule has 2 N–H and O–H groups in total. The Morgan fingerprint density at radius 3 is 2.56 bits per heavy atom. The van der Waals surface area contributed by atoms with Crippen molar-refractivity contribution >= 4 is 34.2 Å². The van der Waals surface area contributed by atoms with E-state index in [4.69, 9.17) is 29.5 Å². The molecule has 0 radical (unpaired) electrons. The van der Waals surface area contributed by atoms with Crippen LogP contribution in [0.1, 0.15) is 32.2 Å². The number of carbonyl (C=O) groups is 1. The number of furan rings is 1. The van der Waals surface area contributed by atoms with Crippen LogP contribution < -0.4 is 15.4 Å². The number of aromatic nitrogens is 6. The number of benzene rings is 1. The van der Waals surface area contributed by atoms with E-state index in [0.717, 1.165) is 37.4 Å². The lowest BCUT2D eigenvalue weighted by Gasteiger charge is -2.37. The molecule has 0 saturated carbocycles. The third-order valence-corrected chi connectivity index (χ3v) is 7.90. The maximum absolute atomic E-state index is 14.0. The van der Waals surface area contributed by atoms with Gasteiger partial charge in [0.1, 0.15) is 18.4 Å². The number of fused-ring (bicyclic) bond motifs is 3. The van der Waals surface area contributed by atoms with Gasteiger partial charge in [-0.2, -0.15) is 14.6 Å². The van der Waals surface area contributed by atoms with Gasteiger partial charge in [-0.1, -0.05) is 19.8 Å². The molecular weight excluding hydrogens is 578 g/mol. The van der Waals surface area contributed by atoms with E-state index in [1.807, 2.05) is 23.2 Å². The molecule has 5 aromatic rings. The van der Waals surface area contributed by atoms with E-state index in [2.05, 4.69) is 39.0 Å². The molecule has 5 heterocycles. The van der Waals surface area contributed by atoms with E-state index in [-0.39, 0.29) is 11.9 Å². The normalized spacial score (nSPS) is 14.4. The van der Waals surface area contributed by atoms with Crippen molar-refractivity contribution in [2.75, 3.05) is 70.3 Å². The van der Waals surface area contributed by atoms with Gasteiger partial charge in [0.05, 0.1) is 31.5 Å². The van der Waals surface area contributed by atoms with Crippen molar-refractivity contribution in [3.05, 3.63) is 48.9 Å². The molecule has 1 amide bonds. The first kappa shape index (κ1) is 30.3. The Hall–Kier alpha value is -4.69. The van der Waals surface area contributed by atoms with Gasteiger partial charge in [0.2, 0.25) is 17.7 Å². The minimum atomic E-state index is -0.464. The van der Waals surface area contributed by atoms with E-state index < -0.39 is 6.04 Å². The number of rotatable bonds is 14. The standard InChI is InChI=1S/C31H39N9O5/c1-3-4-6-25(39-21-24-27(35-39)34-31(32)40-29(24)33-28(36-40)26-7-5-16-45-26)30(41)38-14-12-37(13-15-38)22-8-10-23(11-9-22)44-20-19-43-18-17-42-2/h5,7-11,16,21,25H,3-4,6,12-15,17-20H2,1-2H3,(H2,32,34,35). The summed E-state index contributed by atoms with van der Waals surface area (Å²) in [7, 11) is 1.65. The molecule has 14 nitrogen and oxygen atoms in total. The molecule has 1 aromatic carbocycles. The number of hydrogen-bond donors (Lipinski definition) is 1. The molecule has 1 unspecified atom stereocenters. The summed E-state index contributed by atoms with van der Waals surface area (Å²) in [4.78, 5) is 27.3. The predicted molar refractivity (Wildman–Crippen MR) is 168 cm³/mol. The van der Waals surface area contributed by atoms with Gasteiger partial charge in [0, 0.05) is 45.2 Å². The number of piperazine rings is 1. The largest absolute Gasteiger partial charge is 0.491 e. The molecule has 1 aliphatic heterocycles. The van der Waals surface area contributed by atoms with Crippen molar-refractivity contribution in [1.29, 1.82) is 0 Å². The molecule has 1 aliphatic rings. The number of nitrogens with zero attached hydrogens (tertiary/aromatic N) is 8. The molecule has 1 saturated heterocycles. The van der Waals surface area contributed by atoms with Crippen LogP contribution in [0, 0.1) is 0 Å². The van der Waals surface area contributed by atoms with E-state index in [9.17, 15) is 4.79 Å². The van der Waals surface area contributed by atoms with Crippen molar-refractivity contribution in [3.8, 4) is 17.3 Å². The minimum absolute atomic E-state index is 0.0501. The first-order valence-corrected chi connectivity index (χ1v) is 15.3. The molecule has 4 aromatic heterocycles. The van der Waals surface area contributed by atoms with Crippen molar-refractivity contribution in [2.45, 2.75) is 32.2 Å². The summed E-state index contributed by atoms with van der Waals surface area (Å²) < 4.78 is 24.9. The fourth-order valence-corrected chi connectivity index (χ4v) is 5.47. The van der Waals surface area contributed by atoms with Crippen LogP contribution in [-0.2, 0) is 14.3 Å². The number of nitrogen functional groups attached to an aromatic ring is 1. The second-order valence-corrected chi connectivity index (χ2v) is 10.9. The molecule has 238 valence electrons. The summed E-state index contributed by atoms with van der Waals surface area (Å²) in [5.41, 5.74) is 8.25. The molecule has 1 fully saturated rings. The Balaban J connectivity index is 1.12. The number of methoxy groups -OCH3 is 1. The summed E-state index contributed by atoms with van der Waals surface area (Å²) in [5.74, 6) is 1.93. The predicted octanol–water partition coefficient (Wildman–Crippen LogP) is 3.44. The highest BCUT2D eigenvalue weighted by Crippen LogP contribution is 2.27. The number of amides is 1. The topological polar surface area (TPSA) is 151 Å². The van der Waals surface area contributed by atoms with Crippen molar-refractivity contribution < 1.29 is 23.4 Å². The highest BCUT2D eigenvalue weighted by atomic mass is 16.5. The number of carbonyl (C=O) groups excluding carboxylic acids is 1. The van der Waals surface area contributed by atoms with Crippen molar-refractivity contribution in [2.24, 2.45) is 0 Å². The summed E-state index contributed by atoms with van der Waals surface area (Å²) >= 11 is 0. The van der Waals surface area contributed by atoms with Crippen LogP contribution in [0.2, 0.25) is 0 Å². The van der Waals surface area contributed by atoms with Crippen molar-refractivity contribution in [3.63, 3.8) is 0 Å².